The third kappa shape index (κ3) is 4.72. The first-order valence-corrected chi connectivity index (χ1v) is 11.3. The molecule has 2 aromatic carbocycles. The van der Waals surface area contributed by atoms with E-state index in [0.717, 1.165) is 62.1 Å². The summed E-state index contributed by atoms with van der Waals surface area (Å²) >= 11 is 0. The van der Waals surface area contributed by atoms with Gasteiger partial charge in [-0.3, -0.25) is 15.6 Å². The van der Waals surface area contributed by atoms with Gasteiger partial charge in [0.15, 0.2) is 0 Å². The molecule has 32 heavy (non-hydrogen) atoms. The number of nitrogens with zero attached hydrogens (tertiary/aromatic N) is 3. The van der Waals surface area contributed by atoms with Crippen molar-refractivity contribution in [3.63, 3.8) is 0 Å². The lowest BCUT2D eigenvalue weighted by Gasteiger charge is -2.29. The molecule has 0 radical (unpaired) electrons. The summed E-state index contributed by atoms with van der Waals surface area (Å²) in [4.78, 5) is 20.2. The van der Waals surface area contributed by atoms with Gasteiger partial charge in [-0.2, -0.15) is 0 Å². The number of para-hydroxylation sites is 2. The van der Waals surface area contributed by atoms with Crippen LogP contribution in [0.1, 0.15) is 44.1 Å². The minimum Gasteiger partial charge on any atom is -0.384 e. The van der Waals surface area contributed by atoms with E-state index in [1.807, 2.05) is 34.9 Å². The molecule has 1 saturated heterocycles. The van der Waals surface area contributed by atoms with Crippen molar-refractivity contribution in [2.45, 2.75) is 45.1 Å². The number of fused-ring (bicyclic) bond motifs is 1. The summed E-state index contributed by atoms with van der Waals surface area (Å²) in [6, 6.07) is 14.9. The zero-order chi connectivity index (χ0) is 22.5. The van der Waals surface area contributed by atoms with E-state index in [2.05, 4.69) is 9.88 Å². The largest absolute Gasteiger partial charge is 0.384 e. The van der Waals surface area contributed by atoms with E-state index in [-0.39, 0.29) is 11.4 Å². The molecular weight excluding hydrogens is 400 g/mol. The Kier molecular flexibility index (Phi) is 6.63. The number of rotatable bonds is 8. The van der Waals surface area contributed by atoms with E-state index < -0.39 is 0 Å². The fourth-order valence-electron chi connectivity index (χ4n) is 4.32. The summed E-state index contributed by atoms with van der Waals surface area (Å²) in [5, 5.41) is 15.8. The first-order valence-electron chi connectivity index (χ1n) is 11.3. The molecule has 1 aliphatic heterocycles. The van der Waals surface area contributed by atoms with Crippen molar-refractivity contribution in [3.8, 4) is 11.3 Å². The highest BCUT2D eigenvalue weighted by molar-refractivity contribution is 5.96. The Morgan fingerprint density at radius 1 is 1.03 bits per heavy atom. The van der Waals surface area contributed by atoms with Gasteiger partial charge in [0.25, 0.3) is 5.56 Å². The molecule has 0 atom stereocenters. The summed E-state index contributed by atoms with van der Waals surface area (Å²) in [6.07, 6.45) is 6.11. The Morgan fingerprint density at radius 3 is 2.66 bits per heavy atom. The van der Waals surface area contributed by atoms with Crippen molar-refractivity contribution < 1.29 is 0 Å². The zero-order valence-corrected chi connectivity index (χ0v) is 18.3. The zero-order valence-electron chi connectivity index (χ0n) is 18.3. The topological polar surface area (TPSA) is 112 Å². The molecule has 4 N–H and O–H groups in total. The molecule has 7 nitrogen and oxygen atoms in total. The average Bonchev–Trinajstić information content (AvgIpc) is 2.81. The number of nitrogen functional groups attached to an aromatic ring is 1. The van der Waals surface area contributed by atoms with Gasteiger partial charge in [-0.1, -0.05) is 30.3 Å². The molecule has 1 aliphatic rings. The van der Waals surface area contributed by atoms with E-state index in [0.29, 0.717) is 23.4 Å². The van der Waals surface area contributed by atoms with Crippen LogP contribution in [0, 0.1) is 10.8 Å². The van der Waals surface area contributed by atoms with Crippen LogP contribution in [-0.4, -0.2) is 39.2 Å². The lowest BCUT2D eigenvalue weighted by molar-refractivity contribution is 0.355. The maximum Gasteiger partial charge on any atom is 0.277 e. The quantitative estimate of drug-likeness (QED) is 0.285. The second-order valence-electron chi connectivity index (χ2n) is 8.35. The molecule has 1 fully saturated rings. The molecule has 7 heteroatoms. The van der Waals surface area contributed by atoms with Crippen LogP contribution < -0.4 is 11.3 Å². The first kappa shape index (κ1) is 21.7. The molecule has 3 aromatic rings. The summed E-state index contributed by atoms with van der Waals surface area (Å²) < 4.78 is 1.82. The SMILES string of the molecule is N=C(N)c1cccc(-c2nc3ccccc3n(CCCCCN3CCCCC3=N)c2=O)c1. The molecule has 0 bridgehead atoms. The maximum absolute atomic E-state index is 13.4. The number of hydrogen-bond donors (Lipinski definition) is 3. The monoisotopic (exact) mass is 430 g/mol. The smallest absolute Gasteiger partial charge is 0.277 e. The molecule has 1 aromatic heterocycles. The summed E-state index contributed by atoms with van der Waals surface area (Å²) in [6.45, 7) is 2.54. The predicted octanol–water partition coefficient (Wildman–Crippen LogP) is 3.98. The molecule has 0 unspecified atom stereocenters. The summed E-state index contributed by atoms with van der Waals surface area (Å²) in [5.74, 6) is 0.736. The van der Waals surface area contributed by atoms with Crippen molar-refractivity contribution in [2.24, 2.45) is 5.73 Å². The van der Waals surface area contributed by atoms with Crippen LogP contribution in [0.25, 0.3) is 22.3 Å². The molecule has 2 heterocycles. The Balaban J connectivity index is 1.54. The number of piperidine rings is 1. The Labute approximate surface area is 187 Å². The van der Waals surface area contributed by atoms with Gasteiger partial charge in [-0.15, -0.1) is 0 Å². The molecule has 0 aliphatic carbocycles. The number of likely N-dealkylation sites (tertiary alicyclic amines) is 1. The third-order valence-corrected chi connectivity index (χ3v) is 6.08. The van der Waals surface area contributed by atoms with Crippen molar-refractivity contribution in [2.75, 3.05) is 13.1 Å². The van der Waals surface area contributed by atoms with Crippen molar-refractivity contribution in [3.05, 3.63) is 64.4 Å². The fraction of sp³-hybridized carbons (Fsp3) is 0.360. The van der Waals surface area contributed by atoms with E-state index in [9.17, 15) is 4.79 Å². The highest BCUT2D eigenvalue weighted by Crippen LogP contribution is 2.20. The van der Waals surface area contributed by atoms with Gasteiger partial charge in [-0.05, 0) is 50.3 Å². The number of hydrogen-bond acceptors (Lipinski definition) is 4. The maximum atomic E-state index is 13.4. The van der Waals surface area contributed by atoms with Crippen LogP contribution in [0.5, 0.6) is 0 Å². The Morgan fingerprint density at radius 2 is 1.84 bits per heavy atom. The molecule has 166 valence electrons. The van der Waals surface area contributed by atoms with Crippen LogP contribution >= 0.6 is 0 Å². The van der Waals surface area contributed by atoms with Gasteiger partial charge in [0.2, 0.25) is 0 Å². The predicted molar refractivity (Wildman–Crippen MR) is 129 cm³/mol. The minimum atomic E-state index is -0.123. The highest BCUT2D eigenvalue weighted by Gasteiger charge is 2.15. The second kappa shape index (κ2) is 9.77. The van der Waals surface area contributed by atoms with Crippen LogP contribution in [0.15, 0.2) is 53.3 Å². The molecule has 4 rings (SSSR count). The fourth-order valence-corrected chi connectivity index (χ4v) is 4.32. The van der Waals surface area contributed by atoms with Gasteiger partial charge >= 0.3 is 0 Å². The number of aromatic nitrogens is 2. The average molecular weight is 431 g/mol. The van der Waals surface area contributed by atoms with Crippen LogP contribution in [-0.2, 0) is 6.54 Å². The van der Waals surface area contributed by atoms with E-state index >= 15 is 0 Å². The number of nitrogens with two attached hydrogens (primary N) is 1. The van der Waals surface area contributed by atoms with E-state index in [1.54, 1.807) is 18.2 Å². The van der Waals surface area contributed by atoms with Gasteiger partial charge in [0.05, 0.1) is 16.9 Å². The number of unbranched alkanes of at least 4 members (excludes halogenated alkanes) is 2. The highest BCUT2D eigenvalue weighted by atomic mass is 16.1. The Bertz CT molecular complexity index is 1200. The number of nitrogens with one attached hydrogen (secondary N) is 2. The number of amidine groups is 2. The second-order valence-corrected chi connectivity index (χ2v) is 8.35. The molecule has 0 spiro atoms. The molecule has 0 saturated carbocycles. The van der Waals surface area contributed by atoms with Gasteiger partial charge in [0.1, 0.15) is 11.5 Å². The lowest BCUT2D eigenvalue weighted by Crippen LogP contribution is -2.35. The van der Waals surface area contributed by atoms with E-state index in [1.165, 1.54) is 6.42 Å². The number of aryl methyl sites for hydroxylation is 1. The van der Waals surface area contributed by atoms with Crippen LogP contribution in [0.2, 0.25) is 0 Å². The van der Waals surface area contributed by atoms with Crippen molar-refractivity contribution in [1.82, 2.24) is 14.5 Å². The Hall–Kier alpha value is -3.48. The summed E-state index contributed by atoms with van der Waals surface area (Å²) in [7, 11) is 0. The van der Waals surface area contributed by atoms with Gasteiger partial charge in [0, 0.05) is 37.2 Å². The van der Waals surface area contributed by atoms with Gasteiger partial charge in [-0.25, -0.2) is 4.98 Å². The first-order chi connectivity index (χ1) is 15.5. The molecular formula is C25H30N6O. The van der Waals surface area contributed by atoms with Crippen molar-refractivity contribution >= 4 is 22.7 Å². The minimum absolute atomic E-state index is 0.0326. The van der Waals surface area contributed by atoms with Gasteiger partial charge < -0.3 is 15.2 Å². The van der Waals surface area contributed by atoms with Crippen LogP contribution in [0.4, 0.5) is 0 Å². The standard InChI is InChI=1S/C25H30N6O/c26-22-13-4-7-15-30(22)14-5-1-6-16-31-21-12-3-2-11-20(21)29-23(25(31)32)18-9-8-10-19(17-18)24(27)28/h2-3,8-12,17,26H,1,4-7,13-16H2,(H3,27,28). The molecule has 0 amide bonds. The normalized spacial score (nSPS) is 14.1. The van der Waals surface area contributed by atoms with Crippen molar-refractivity contribution in [1.29, 1.82) is 10.8 Å². The lowest BCUT2D eigenvalue weighted by atomic mass is 10.1. The number of benzene rings is 2. The summed E-state index contributed by atoms with van der Waals surface area (Å²) in [5.41, 5.74) is 8.76. The van der Waals surface area contributed by atoms with Crippen LogP contribution in [0.3, 0.4) is 0 Å². The third-order valence-electron chi connectivity index (χ3n) is 6.08. The van der Waals surface area contributed by atoms with E-state index in [4.69, 9.17) is 16.6 Å².